The first kappa shape index (κ1) is 27.7. The molecule has 5 aromatic rings. The van der Waals surface area contributed by atoms with Gasteiger partial charge in [0, 0.05) is 41.3 Å². The Kier molecular flexibility index (Phi) is 8.10. The fraction of sp³-hybridized carbons (Fsp3) is 0.273. The van der Waals surface area contributed by atoms with E-state index in [0.717, 1.165) is 28.4 Å². The SMILES string of the molecule is COc1cccc(Cc2c(C(C(C)C)n3cc(CCN)nc3-c3ccc(C)cc3)oc3cc(Cl)ccc3c2=O)c1. The Balaban J connectivity index is 1.77. The van der Waals surface area contributed by atoms with Crippen molar-refractivity contribution in [1.82, 2.24) is 9.55 Å². The normalized spacial score (nSPS) is 12.3. The molecule has 1 unspecified atom stereocenters. The van der Waals surface area contributed by atoms with Gasteiger partial charge in [0.15, 0.2) is 5.43 Å². The lowest BCUT2D eigenvalue weighted by atomic mass is 9.93. The molecule has 2 N–H and O–H groups in total. The first-order valence-corrected chi connectivity index (χ1v) is 13.9. The van der Waals surface area contributed by atoms with Crippen molar-refractivity contribution < 1.29 is 9.15 Å². The van der Waals surface area contributed by atoms with Crippen molar-refractivity contribution >= 4 is 22.6 Å². The van der Waals surface area contributed by atoms with Crippen LogP contribution in [0.25, 0.3) is 22.4 Å². The minimum Gasteiger partial charge on any atom is -0.497 e. The van der Waals surface area contributed by atoms with Crippen LogP contribution in [-0.4, -0.2) is 23.2 Å². The quantitative estimate of drug-likeness (QED) is 0.212. The molecule has 0 aliphatic rings. The van der Waals surface area contributed by atoms with E-state index < -0.39 is 0 Å². The number of fused-ring (bicyclic) bond motifs is 1. The second-order valence-corrected chi connectivity index (χ2v) is 10.9. The van der Waals surface area contributed by atoms with Crippen LogP contribution in [0.15, 0.2) is 82.1 Å². The van der Waals surface area contributed by atoms with E-state index in [9.17, 15) is 4.79 Å². The summed E-state index contributed by atoms with van der Waals surface area (Å²) < 4.78 is 14.2. The number of hydrogen-bond donors (Lipinski definition) is 1. The lowest BCUT2D eigenvalue weighted by Crippen LogP contribution is -2.23. The van der Waals surface area contributed by atoms with Crippen LogP contribution in [0.2, 0.25) is 5.02 Å². The van der Waals surface area contributed by atoms with E-state index in [0.29, 0.717) is 46.7 Å². The van der Waals surface area contributed by atoms with E-state index >= 15 is 0 Å². The second-order valence-electron chi connectivity index (χ2n) is 10.5. The Bertz CT molecular complexity index is 1700. The summed E-state index contributed by atoms with van der Waals surface area (Å²) in [5, 5.41) is 1.01. The highest BCUT2D eigenvalue weighted by atomic mass is 35.5. The Labute approximate surface area is 239 Å². The molecule has 1 atom stereocenters. The zero-order valence-corrected chi connectivity index (χ0v) is 24.0. The number of nitrogens with zero attached hydrogens (tertiary/aromatic N) is 2. The zero-order valence-electron chi connectivity index (χ0n) is 23.3. The molecule has 0 aliphatic carbocycles. The highest BCUT2D eigenvalue weighted by Crippen LogP contribution is 2.36. The van der Waals surface area contributed by atoms with Crippen molar-refractivity contribution in [2.75, 3.05) is 13.7 Å². The van der Waals surface area contributed by atoms with Gasteiger partial charge in [-0.25, -0.2) is 4.98 Å². The van der Waals surface area contributed by atoms with Gasteiger partial charge < -0.3 is 19.5 Å². The van der Waals surface area contributed by atoms with Crippen LogP contribution in [0.4, 0.5) is 0 Å². The summed E-state index contributed by atoms with van der Waals surface area (Å²) in [4.78, 5) is 19.1. The van der Waals surface area contributed by atoms with Crippen molar-refractivity contribution in [3.05, 3.63) is 116 Å². The van der Waals surface area contributed by atoms with Gasteiger partial charge in [-0.05, 0) is 49.2 Å². The van der Waals surface area contributed by atoms with Crippen molar-refractivity contribution in [3.8, 4) is 17.1 Å². The predicted octanol–water partition coefficient (Wildman–Crippen LogP) is 6.96. The molecule has 0 spiro atoms. The third-order valence-electron chi connectivity index (χ3n) is 7.19. The first-order valence-electron chi connectivity index (χ1n) is 13.5. The average molecular weight is 556 g/mol. The summed E-state index contributed by atoms with van der Waals surface area (Å²) in [6.45, 7) is 6.81. The summed E-state index contributed by atoms with van der Waals surface area (Å²) in [5.74, 6) is 2.21. The van der Waals surface area contributed by atoms with Gasteiger partial charge in [0.1, 0.15) is 22.9 Å². The van der Waals surface area contributed by atoms with Crippen molar-refractivity contribution in [3.63, 3.8) is 0 Å². The van der Waals surface area contributed by atoms with Gasteiger partial charge in [-0.1, -0.05) is 67.4 Å². The molecule has 0 radical (unpaired) electrons. The highest BCUT2D eigenvalue weighted by Gasteiger charge is 2.29. The van der Waals surface area contributed by atoms with E-state index in [1.807, 2.05) is 30.5 Å². The van der Waals surface area contributed by atoms with E-state index in [4.69, 9.17) is 31.5 Å². The minimum atomic E-state index is -0.313. The molecule has 0 bridgehead atoms. The van der Waals surface area contributed by atoms with Crippen molar-refractivity contribution in [2.45, 2.75) is 39.7 Å². The van der Waals surface area contributed by atoms with Gasteiger partial charge in [-0.3, -0.25) is 4.79 Å². The fourth-order valence-electron chi connectivity index (χ4n) is 5.21. The summed E-state index contributed by atoms with van der Waals surface area (Å²) in [5.41, 5.74) is 10.9. The van der Waals surface area contributed by atoms with Crippen LogP contribution >= 0.6 is 11.6 Å². The third kappa shape index (κ3) is 5.55. The largest absolute Gasteiger partial charge is 0.497 e. The molecule has 0 saturated carbocycles. The molecule has 206 valence electrons. The zero-order chi connectivity index (χ0) is 28.4. The number of ether oxygens (including phenoxy) is 1. The number of imidazole rings is 1. The molecule has 0 amide bonds. The summed E-state index contributed by atoms with van der Waals surface area (Å²) >= 11 is 6.34. The van der Waals surface area contributed by atoms with Crippen molar-refractivity contribution in [2.24, 2.45) is 11.7 Å². The Morgan fingerprint density at radius 2 is 1.85 bits per heavy atom. The monoisotopic (exact) mass is 555 g/mol. The molecule has 0 fully saturated rings. The molecular formula is C33H34ClN3O3. The van der Waals surface area contributed by atoms with Gasteiger partial charge in [0.25, 0.3) is 0 Å². The van der Waals surface area contributed by atoms with Gasteiger partial charge in [-0.15, -0.1) is 0 Å². The second kappa shape index (κ2) is 11.7. The van der Waals surface area contributed by atoms with Gasteiger partial charge in [-0.2, -0.15) is 0 Å². The van der Waals surface area contributed by atoms with Gasteiger partial charge in [0.05, 0.1) is 24.2 Å². The van der Waals surface area contributed by atoms with E-state index in [2.05, 4.69) is 49.6 Å². The lowest BCUT2D eigenvalue weighted by Gasteiger charge is -2.26. The lowest BCUT2D eigenvalue weighted by molar-refractivity contribution is 0.359. The molecule has 40 heavy (non-hydrogen) atoms. The molecule has 3 aromatic carbocycles. The maximum Gasteiger partial charge on any atom is 0.196 e. The average Bonchev–Trinajstić information content (AvgIpc) is 3.34. The van der Waals surface area contributed by atoms with E-state index in [1.54, 1.807) is 25.3 Å². The van der Waals surface area contributed by atoms with Crippen molar-refractivity contribution in [1.29, 1.82) is 0 Å². The molecule has 6 nitrogen and oxygen atoms in total. The van der Waals surface area contributed by atoms with Crippen LogP contribution in [0.1, 0.15) is 48.0 Å². The third-order valence-corrected chi connectivity index (χ3v) is 7.42. The number of hydrogen-bond acceptors (Lipinski definition) is 5. The minimum absolute atomic E-state index is 0.0629. The van der Waals surface area contributed by atoms with E-state index in [1.165, 1.54) is 5.56 Å². The molecule has 5 rings (SSSR count). The standard InChI is InChI=1S/C33H34ClN3O3/c1-20(2)30(37-19-25(14-15-35)36-33(37)23-10-8-21(3)9-11-23)32-28(17-22-6-5-7-26(16-22)39-4)31(38)27-13-12-24(34)18-29(27)40-32/h5-13,16,18-20,30H,14-15,17,35H2,1-4H3. The molecule has 7 heteroatoms. The van der Waals surface area contributed by atoms with Gasteiger partial charge >= 0.3 is 0 Å². The van der Waals surface area contributed by atoms with E-state index in [-0.39, 0.29) is 17.4 Å². The first-order chi connectivity index (χ1) is 19.3. The van der Waals surface area contributed by atoms with Crippen LogP contribution < -0.4 is 15.9 Å². The number of aromatic nitrogens is 2. The smallest absolute Gasteiger partial charge is 0.196 e. The number of rotatable bonds is 9. The molecule has 2 aromatic heterocycles. The highest BCUT2D eigenvalue weighted by molar-refractivity contribution is 6.31. The Hall–Kier alpha value is -3.87. The van der Waals surface area contributed by atoms with Crippen LogP contribution in [0.5, 0.6) is 5.75 Å². The van der Waals surface area contributed by atoms with Gasteiger partial charge in [0.2, 0.25) is 0 Å². The van der Waals surface area contributed by atoms with Crippen LogP contribution in [0.3, 0.4) is 0 Å². The fourth-order valence-corrected chi connectivity index (χ4v) is 5.37. The Morgan fingerprint density at radius 1 is 1.07 bits per heavy atom. The predicted molar refractivity (Wildman–Crippen MR) is 161 cm³/mol. The number of methoxy groups -OCH3 is 1. The summed E-state index contributed by atoms with van der Waals surface area (Å²) in [6.07, 6.45) is 3.08. The van der Waals surface area contributed by atoms with Crippen LogP contribution in [0, 0.1) is 12.8 Å². The Morgan fingerprint density at radius 3 is 2.55 bits per heavy atom. The number of benzene rings is 3. The molecule has 0 aliphatic heterocycles. The molecule has 2 heterocycles. The number of nitrogens with two attached hydrogens (primary N) is 1. The summed E-state index contributed by atoms with van der Waals surface area (Å²) in [7, 11) is 1.64. The number of halogens is 1. The number of aryl methyl sites for hydroxylation is 1. The maximum absolute atomic E-state index is 14.1. The van der Waals surface area contributed by atoms with Crippen LogP contribution in [-0.2, 0) is 12.8 Å². The summed E-state index contributed by atoms with van der Waals surface area (Å²) in [6, 6.07) is 20.9. The topological polar surface area (TPSA) is 83.3 Å². The molecule has 0 saturated heterocycles. The maximum atomic E-state index is 14.1. The molecular weight excluding hydrogens is 522 g/mol.